The van der Waals surface area contributed by atoms with Crippen LogP contribution in [0.3, 0.4) is 0 Å². The van der Waals surface area contributed by atoms with E-state index in [9.17, 15) is 0 Å². The van der Waals surface area contributed by atoms with Crippen molar-refractivity contribution in [2.45, 2.75) is 192 Å². The molecule has 0 heteroatoms. The van der Waals surface area contributed by atoms with Crippen molar-refractivity contribution in [1.29, 1.82) is 0 Å². The molecule has 0 aromatic heterocycles. The lowest BCUT2D eigenvalue weighted by Gasteiger charge is -2.30. The van der Waals surface area contributed by atoms with Crippen molar-refractivity contribution >= 4 is 18.2 Å². The molecule has 79 heavy (non-hydrogen) atoms. The average molecular weight is 1050 g/mol. The minimum atomic E-state index is 0.774. The van der Waals surface area contributed by atoms with Gasteiger partial charge in [0.15, 0.2) is 0 Å². The maximum Gasteiger partial charge on any atom is -0.00930 e. The Morgan fingerprint density at radius 3 is 1.32 bits per heavy atom. The molecule has 16 aliphatic carbocycles. The van der Waals surface area contributed by atoms with Crippen LogP contribution in [-0.4, -0.2) is 0 Å². The summed E-state index contributed by atoms with van der Waals surface area (Å²) in [6.07, 6.45) is 88.9. The molecule has 0 spiro atoms. The molecule has 0 nitrogen and oxygen atoms in total. The highest BCUT2D eigenvalue weighted by molar-refractivity contribution is 5.58. The van der Waals surface area contributed by atoms with E-state index in [2.05, 4.69) is 170 Å². The van der Waals surface area contributed by atoms with Crippen LogP contribution in [0, 0.1) is 76.9 Å². The third-order valence-corrected chi connectivity index (χ3v) is 22.3. The third kappa shape index (κ3) is 13.6. The van der Waals surface area contributed by atoms with Crippen molar-refractivity contribution in [1.82, 2.24) is 0 Å². The largest absolute Gasteiger partial charge is 0.0808 e. The van der Waals surface area contributed by atoms with Crippen LogP contribution in [0.15, 0.2) is 174 Å². The Labute approximate surface area is 480 Å². The molecule has 18 rings (SSSR count). The second-order valence-electron chi connectivity index (χ2n) is 27.1. The summed E-state index contributed by atoms with van der Waals surface area (Å²) >= 11 is 0. The Bertz CT molecular complexity index is 2710. The van der Waals surface area contributed by atoms with Gasteiger partial charge in [-0.15, -0.1) is 0 Å². The zero-order chi connectivity index (χ0) is 53.0. The van der Waals surface area contributed by atoms with Crippen LogP contribution < -0.4 is 10.4 Å². The molecule has 2 aromatic carbocycles. The van der Waals surface area contributed by atoms with Crippen LogP contribution in [-0.2, 0) is 0 Å². The Morgan fingerprint density at radius 2 is 0.722 bits per heavy atom. The van der Waals surface area contributed by atoms with Gasteiger partial charge in [-0.05, 0) is 243 Å². The van der Waals surface area contributed by atoms with E-state index in [0.29, 0.717) is 0 Å². The molecule has 0 heterocycles. The van der Waals surface area contributed by atoms with Crippen LogP contribution in [0.4, 0.5) is 0 Å². The fraction of sp³-hybridized carbons (Fsp3) is 0.544. The Balaban J connectivity index is 0.0000000932. The minimum Gasteiger partial charge on any atom is -0.0808 e. The molecular weight excluding hydrogens is 949 g/mol. The molecule has 16 aliphatic rings. The third-order valence-electron chi connectivity index (χ3n) is 22.3. The molecule has 0 radical (unpaired) electrons. The van der Waals surface area contributed by atoms with Gasteiger partial charge in [-0.25, -0.2) is 0 Å². The molecule has 8 fully saturated rings. The molecule has 0 amide bonds. The first-order chi connectivity index (χ1) is 39.2. The van der Waals surface area contributed by atoms with Gasteiger partial charge in [0.25, 0.3) is 0 Å². The SMILES string of the molecule is C1=C2CCCCC2=CC2CCCC12.C1=CC2CC3C=CC=CC3C2C=C1.C1=CC2CCCC2C2=C1CCCC2.C1=CC2CCCC2C=C1.C1=CC2CCCC2c2ccccc21.C1=c2ccccc2=CC2CCCC12.C1CCCC1. The van der Waals surface area contributed by atoms with Crippen molar-refractivity contribution in [3.63, 3.8) is 0 Å². The molecule has 2 aromatic rings. The van der Waals surface area contributed by atoms with Crippen LogP contribution >= 0.6 is 0 Å². The maximum atomic E-state index is 2.62. The molecule has 0 N–H and O–H groups in total. The molecule has 14 unspecified atom stereocenters. The van der Waals surface area contributed by atoms with E-state index in [1.54, 1.807) is 22.3 Å². The van der Waals surface area contributed by atoms with Crippen molar-refractivity contribution in [3.8, 4) is 0 Å². The summed E-state index contributed by atoms with van der Waals surface area (Å²) in [7, 11) is 0. The van der Waals surface area contributed by atoms with Gasteiger partial charge in [0.2, 0.25) is 0 Å². The van der Waals surface area contributed by atoms with E-state index in [-0.39, 0.29) is 0 Å². The maximum absolute atomic E-state index is 2.62. The van der Waals surface area contributed by atoms with Crippen LogP contribution in [0.25, 0.3) is 18.2 Å². The lowest BCUT2D eigenvalue weighted by Crippen LogP contribution is -2.30. The number of hydrogen-bond donors (Lipinski definition) is 0. The molecule has 0 bridgehead atoms. The van der Waals surface area contributed by atoms with Gasteiger partial charge >= 0.3 is 0 Å². The summed E-state index contributed by atoms with van der Waals surface area (Å²) in [4.78, 5) is 0. The summed E-state index contributed by atoms with van der Waals surface area (Å²) in [5, 5.41) is 2.90. The number of allylic oxidation sites excluding steroid dienone is 21. The predicted octanol–water partition coefficient (Wildman–Crippen LogP) is 20.5. The normalized spacial score (nSPS) is 35.5. The first kappa shape index (κ1) is 54.9. The van der Waals surface area contributed by atoms with Gasteiger partial charge < -0.3 is 0 Å². The van der Waals surface area contributed by atoms with Gasteiger partial charge in [0.05, 0.1) is 0 Å². The van der Waals surface area contributed by atoms with Gasteiger partial charge in [-0.2, -0.15) is 0 Å². The number of benzene rings is 2. The number of fused-ring (bicyclic) bond motifs is 13. The first-order valence-corrected chi connectivity index (χ1v) is 33.6. The Morgan fingerprint density at radius 1 is 0.291 bits per heavy atom. The Kier molecular flexibility index (Phi) is 19.0. The summed E-state index contributed by atoms with van der Waals surface area (Å²) in [5.41, 5.74) is 10.0. The summed E-state index contributed by atoms with van der Waals surface area (Å²) in [6.45, 7) is 0. The Hall–Kier alpha value is -4.68. The van der Waals surface area contributed by atoms with Gasteiger partial charge in [-0.3, -0.25) is 0 Å². The van der Waals surface area contributed by atoms with Gasteiger partial charge in [-0.1, -0.05) is 240 Å². The van der Waals surface area contributed by atoms with E-state index in [1.807, 2.05) is 5.57 Å². The van der Waals surface area contributed by atoms with Crippen LogP contribution in [0.5, 0.6) is 0 Å². The molecule has 0 aliphatic heterocycles. The zero-order valence-corrected chi connectivity index (χ0v) is 48.8. The second kappa shape index (κ2) is 27.4. The lowest BCUT2D eigenvalue weighted by atomic mass is 9.75. The molecular formula is C79H100. The minimum absolute atomic E-state index is 0.774. The van der Waals surface area contributed by atoms with E-state index < -0.39 is 0 Å². The first-order valence-electron chi connectivity index (χ1n) is 33.6. The van der Waals surface area contributed by atoms with Crippen molar-refractivity contribution in [2.24, 2.45) is 76.9 Å². The zero-order valence-electron chi connectivity index (χ0n) is 48.8. The molecule has 416 valence electrons. The number of hydrogen-bond acceptors (Lipinski definition) is 0. The number of rotatable bonds is 0. The summed E-state index contributed by atoms with van der Waals surface area (Å²) in [6, 6.07) is 17.6. The molecule has 8 saturated carbocycles. The van der Waals surface area contributed by atoms with E-state index in [0.717, 1.165) is 82.9 Å². The van der Waals surface area contributed by atoms with Gasteiger partial charge in [0, 0.05) is 0 Å². The topological polar surface area (TPSA) is 0 Å². The summed E-state index contributed by atoms with van der Waals surface area (Å²) < 4.78 is 0. The lowest BCUT2D eigenvalue weighted by molar-refractivity contribution is 0.461. The average Bonchev–Trinajstić information content (AvgIpc) is 4.42. The highest BCUT2D eigenvalue weighted by atomic mass is 14.4. The monoisotopic (exact) mass is 1050 g/mol. The molecule has 14 atom stereocenters. The fourth-order valence-corrected chi connectivity index (χ4v) is 18.0. The van der Waals surface area contributed by atoms with Crippen LogP contribution in [0.1, 0.15) is 203 Å². The van der Waals surface area contributed by atoms with Crippen LogP contribution in [0.2, 0.25) is 0 Å². The highest BCUT2D eigenvalue weighted by Gasteiger charge is 2.39. The fourth-order valence-electron chi connectivity index (χ4n) is 18.0. The van der Waals surface area contributed by atoms with Gasteiger partial charge in [0.1, 0.15) is 0 Å². The second-order valence-corrected chi connectivity index (χ2v) is 27.1. The van der Waals surface area contributed by atoms with E-state index in [4.69, 9.17) is 0 Å². The van der Waals surface area contributed by atoms with E-state index in [1.165, 1.54) is 202 Å². The smallest absolute Gasteiger partial charge is 0.00930 e. The quantitative estimate of drug-likeness (QED) is 0.247. The molecule has 0 saturated heterocycles. The van der Waals surface area contributed by atoms with Crippen molar-refractivity contribution in [3.05, 3.63) is 196 Å². The van der Waals surface area contributed by atoms with Crippen molar-refractivity contribution in [2.75, 3.05) is 0 Å². The highest BCUT2D eigenvalue weighted by Crippen LogP contribution is 2.49. The standard InChI is InChI=1S/C13H14.C13H18.C13H14.C13H18.C13H14.C9H12.C5H10/c1-3-7-12-10(5-1)9-11-6-2-4-8-13(11)12;2*1-2-6-12-10(4-1)8-9-11-5-3-7-13(11)12;2*1-2-5-11-9-13-7-3-6-12(13)8-10(11)4-1;1-2-5-9-7-3-6-8(9)4-1;1-2-4-5-3-1/h1-8,10-13H,9H2;8-9,11,13H,1-7H2;1-2,4,6,8-9,11,13H,3,5,7H2;8-9,12-13H,1-7H2;1-2,4-5,8-9,12-13H,3,6-7H2;1-2,4-5,8-9H,3,6-7H2;1-5H2. The van der Waals surface area contributed by atoms with Crippen molar-refractivity contribution < 1.29 is 0 Å². The van der Waals surface area contributed by atoms with E-state index >= 15 is 0 Å². The summed E-state index contributed by atoms with van der Waals surface area (Å²) in [5.74, 6) is 12.1. The predicted molar refractivity (Wildman–Crippen MR) is 339 cm³/mol.